The molecule has 45 heavy (non-hydrogen) atoms. The van der Waals surface area contributed by atoms with E-state index in [0.29, 0.717) is 11.3 Å². The summed E-state index contributed by atoms with van der Waals surface area (Å²) in [5, 5.41) is 39.3. The molecule has 11 N–H and O–H groups in total. The van der Waals surface area contributed by atoms with Crippen molar-refractivity contribution in [3.05, 3.63) is 54.1 Å². The number of H-pyrrole nitrogens is 1. The number of nitrogens with two attached hydrogens (primary N) is 1. The summed E-state index contributed by atoms with van der Waals surface area (Å²) in [6, 6.07) is 1.69. The van der Waals surface area contributed by atoms with Crippen LogP contribution >= 0.6 is 0 Å². The summed E-state index contributed by atoms with van der Waals surface area (Å²) in [6.07, 6.45) is 1.96. The summed E-state index contributed by atoms with van der Waals surface area (Å²) in [5.41, 5.74) is 6.49. The Hall–Kier alpha value is -5.36. The number of carboxylic acid groups (broad SMARTS) is 2. The van der Waals surface area contributed by atoms with Crippen molar-refractivity contribution >= 4 is 41.5 Å². The summed E-state index contributed by atoms with van der Waals surface area (Å²) in [4.78, 5) is 92.1. The molecule has 244 valence electrons. The summed E-state index contributed by atoms with van der Waals surface area (Å²) in [5.74, 6) is -7.11. The molecule has 0 aliphatic rings. The summed E-state index contributed by atoms with van der Waals surface area (Å²) >= 11 is 0. The van der Waals surface area contributed by atoms with Crippen molar-refractivity contribution in [2.24, 2.45) is 5.73 Å². The zero-order valence-electron chi connectivity index (χ0n) is 24.2. The Morgan fingerprint density at radius 2 is 1.51 bits per heavy atom. The molecule has 0 spiro atoms. The van der Waals surface area contributed by atoms with Crippen molar-refractivity contribution in [2.75, 3.05) is 13.2 Å². The Morgan fingerprint density at radius 3 is 2.09 bits per heavy atom. The van der Waals surface area contributed by atoms with Gasteiger partial charge in [-0.2, -0.15) is 0 Å². The maximum Gasteiger partial charge on any atom is 0.326 e. The number of aliphatic carboxylic acids is 2. The number of aliphatic hydroxyl groups excluding tert-OH is 1. The number of hydrogen-bond donors (Lipinski definition) is 10. The molecular formula is C27H36N8O10. The predicted molar refractivity (Wildman–Crippen MR) is 154 cm³/mol. The summed E-state index contributed by atoms with van der Waals surface area (Å²) < 4.78 is 0. The predicted octanol–water partition coefficient (Wildman–Crippen LogP) is -3.85. The molecule has 2 rings (SSSR count). The minimum atomic E-state index is -1.56. The molecule has 18 nitrogen and oxygen atoms in total. The Bertz CT molecular complexity index is 1340. The lowest BCUT2D eigenvalue weighted by molar-refractivity contribution is -0.141. The number of nitrogens with one attached hydrogen (secondary N) is 6. The molecule has 0 aliphatic heterocycles. The van der Waals surface area contributed by atoms with Crippen LogP contribution in [0.15, 0.2) is 42.9 Å². The molecule has 0 aliphatic carbocycles. The molecule has 18 heteroatoms. The highest BCUT2D eigenvalue weighted by molar-refractivity contribution is 5.96. The summed E-state index contributed by atoms with van der Waals surface area (Å²) in [6.45, 7) is -0.250. The van der Waals surface area contributed by atoms with Crippen LogP contribution in [-0.2, 0) is 46.4 Å². The number of carboxylic acids is 2. The van der Waals surface area contributed by atoms with Crippen LogP contribution in [0.1, 0.15) is 24.6 Å². The number of nitrogens with zero attached hydrogens (tertiary/aromatic N) is 1. The third kappa shape index (κ3) is 12.4. The third-order valence-corrected chi connectivity index (χ3v) is 6.24. The third-order valence-electron chi connectivity index (χ3n) is 6.24. The van der Waals surface area contributed by atoms with Gasteiger partial charge in [0.05, 0.1) is 37.6 Å². The van der Waals surface area contributed by atoms with Crippen LogP contribution in [0, 0.1) is 0 Å². The van der Waals surface area contributed by atoms with E-state index >= 15 is 0 Å². The van der Waals surface area contributed by atoms with Crippen molar-refractivity contribution in [3.8, 4) is 0 Å². The van der Waals surface area contributed by atoms with Gasteiger partial charge in [-0.15, -0.1) is 0 Å². The Balaban J connectivity index is 1.99. The van der Waals surface area contributed by atoms with Crippen LogP contribution in [0.5, 0.6) is 0 Å². The molecule has 5 amide bonds. The zero-order valence-corrected chi connectivity index (χ0v) is 24.2. The van der Waals surface area contributed by atoms with E-state index in [1.54, 1.807) is 30.3 Å². The van der Waals surface area contributed by atoms with Gasteiger partial charge >= 0.3 is 11.9 Å². The molecule has 1 aromatic carbocycles. The number of benzene rings is 1. The first-order valence-electron chi connectivity index (χ1n) is 13.6. The molecule has 2 aromatic rings. The minimum Gasteiger partial charge on any atom is -0.481 e. The highest BCUT2D eigenvalue weighted by Crippen LogP contribution is 2.04. The Labute approximate surface area is 256 Å². The van der Waals surface area contributed by atoms with Gasteiger partial charge < -0.3 is 52.6 Å². The first kappa shape index (κ1) is 35.8. The first-order valence-corrected chi connectivity index (χ1v) is 13.6. The van der Waals surface area contributed by atoms with E-state index in [1.165, 1.54) is 19.4 Å². The van der Waals surface area contributed by atoms with Gasteiger partial charge in [-0.25, -0.2) is 9.78 Å². The van der Waals surface area contributed by atoms with Crippen LogP contribution in [0.25, 0.3) is 0 Å². The monoisotopic (exact) mass is 632 g/mol. The molecule has 5 atom stereocenters. The number of amides is 5. The van der Waals surface area contributed by atoms with Crippen molar-refractivity contribution in [1.82, 2.24) is 36.6 Å². The second kappa shape index (κ2) is 17.7. The van der Waals surface area contributed by atoms with Crippen molar-refractivity contribution in [1.29, 1.82) is 0 Å². The fourth-order valence-electron chi connectivity index (χ4n) is 3.84. The molecule has 0 bridgehead atoms. The lowest BCUT2D eigenvalue weighted by Gasteiger charge is -2.23. The lowest BCUT2D eigenvalue weighted by Crippen LogP contribution is -2.58. The average molecular weight is 633 g/mol. The van der Waals surface area contributed by atoms with Gasteiger partial charge in [0.2, 0.25) is 29.5 Å². The van der Waals surface area contributed by atoms with E-state index < -0.39 is 91.3 Å². The van der Waals surface area contributed by atoms with Crippen molar-refractivity contribution in [2.45, 2.75) is 56.4 Å². The highest BCUT2D eigenvalue weighted by Gasteiger charge is 2.29. The van der Waals surface area contributed by atoms with E-state index in [2.05, 4.69) is 36.6 Å². The van der Waals surface area contributed by atoms with Crippen molar-refractivity contribution in [3.63, 3.8) is 0 Å². The van der Waals surface area contributed by atoms with Gasteiger partial charge in [-0.3, -0.25) is 28.8 Å². The molecule has 1 heterocycles. The highest BCUT2D eigenvalue weighted by atomic mass is 16.4. The quantitative estimate of drug-likeness (QED) is 0.0756. The second-order valence-corrected chi connectivity index (χ2v) is 9.87. The lowest BCUT2D eigenvalue weighted by atomic mass is 10.1. The van der Waals surface area contributed by atoms with Crippen LogP contribution in [-0.4, -0.2) is 110 Å². The number of rotatable bonds is 18. The van der Waals surface area contributed by atoms with Gasteiger partial charge in [-0.05, 0) is 12.5 Å². The molecular weight excluding hydrogens is 596 g/mol. The van der Waals surface area contributed by atoms with Gasteiger partial charge in [0.1, 0.15) is 24.2 Å². The molecule has 1 aromatic heterocycles. The standard InChI is InChI=1S/C27H36N8O10/c1-14(32-26(43)20(12-36)35-24(41)17(28)9-22(38)39)23(40)34-18(8-16-10-29-13-31-16)25(42)30-11-21(37)33-19(27(44)45)7-15-5-3-2-4-6-15/h2-6,10,13-14,17-20,36H,7-9,11-12,28H2,1H3,(H,29,31)(H,30,42)(H,32,43)(H,33,37)(H,34,40)(H,35,41)(H,38,39)(H,44,45)/t14-,17-,18-,19-,20-/m0/s1. The van der Waals surface area contributed by atoms with E-state index in [0.717, 1.165) is 0 Å². The zero-order chi connectivity index (χ0) is 33.5. The van der Waals surface area contributed by atoms with Gasteiger partial charge in [0.15, 0.2) is 0 Å². The normalized spacial score (nSPS) is 14.0. The Morgan fingerprint density at radius 1 is 0.844 bits per heavy atom. The first-order chi connectivity index (χ1) is 21.3. The topological polar surface area (TPSA) is 295 Å². The van der Waals surface area contributed by atoms with Crippen LogP contribution in [0.2, 0.25) is 0 Å². The van der Waals surface area contributed by atoms with E-state index in [4.69, 9.17) is 10.8 Å². The summed E-state index contributed by atoms with van der Waals surface area (Å²) in [7, 11) is 0. The fourth-order valence-corrected chi connectivity index (χ4v) is 3.84. The fraction of sp³-hybridized carbons (Fsp3) is 0.407. The maximum atomic E-state index is 13.0. The molecule has 0 unspecified atom stereocenters. The van der Waals surface area contributed by atoms with Gasteiger partial charge in [0.25, 0.3) is 0 Å². The van der Waals surface area contributed by atoms with E-state index in [9.17, 15) is 43.8 Å². The number of aromatic nitrogens is 2. The van der Waals surface area contributed by atoms with E-state index in [-0.39, 0.29) is 12.8 Å². The van der Waals surface area contributed by atoms with Gasteiger partial charge in [0, 0.05) is 19.0 Å². The average Bonchev–Trinajstić information content (AvgIpc) is 3.51. The second-order valence-electron chi connectivity index (χ2n) is 9.87. The smallest absolute Gasteiger partial charge is 0.326 e. The number of imidazole rings is 1. The SMILES string of the molecule is C[C@H](NC(=O)[C@H](CO)NC(=O)[C@@H](N)CC(=O)O)C(=O)N[C@@H](Cc1c[nH]cn1)C(=O)NCC(=O)N[C@@H](Cc1ccccc1)C(=O)O. The number of aromatic amines is 1. The molecule has 0 saturated carbocycles. The molecule has 0 radical (unpaired) electrons. The number of carbonyl (C=O) groups excluding carboxylic acids is 5. The number of carbonyl (C=O) groups is 7. The molecule has 0 fully saturated rings. The maximum absolute atomic E-state index is 13.0. The largest absolute Gasteiger partial charge is 0.481 e. The van der Waals surface area contributed by atoms with E-state index in [1.807, 2.05) is 0 Å². The van der Waals surface area contributed by atoms with Crippen molar-refractivity contribution < 1.29 is 48.9 Å². The number of hydrogen-bond acceptors (Lipinski definition) is 10. The van der Waals surface area contributed by atoms with Gasteiger partial charge in [-0.1, -0.05) is 30.3 Å². The van der Waals surface area contributed by atoms with Crippen LogP contribution in [0.3, 0.4) is 0 Å². The van der Waals surface area contributed by atoms with Crippen LogP contribution < -0.4 is 32.3 Å². The van der Waals surface area contributed by atoms with Crippen LogP contribution in [0.4, 0.5) is 0 Å². The Kier molecular flexibility index (Phi) is 14.1. The number of aliphatic hydroxyl groups is 1. The minimum absolute atomic E-state index is 0.00721. The molecule has 0 saturated heterocycles.